The summed E-state index contributed by atoms with van der Waals surface area (Å²) in [7, 11) is 0. The lowest BCUT2D eigenvalue weighted by Crippen LogP contribution is -2.41. The number of hydrogen-bond donors (Lipinski definition) is 2. The highest BCUT2D eigenvalue weighted by Gasteiger charge is 2.16. The van der Waals surface area contributed by atoms with Gasteiger partial charge in [0.15, 0.2) is 0 Å². The van der Waals surface area contributed by atoms with Crippen molar-refractivity contribution in [2.24, 2.45) is 0 Å². The number of thioether (sulfide) groups is 1. The smallest absolute Gasteiger partial charge is 0.326 e. The summed E-state index contributed by atoms with van der Waals surface area (Å²) in [4.78, 5) is 21.6. The first-order valence-electron chi connectivity index (χ1n) is 4.08. The van der Waals surface area contributed by atoms with Crippen LogP contribution in [0.5, 0.6) is 0 Å². The zero-order valence-corrected chi connectivity index (χ0v) is 8.63. The Bertz CT molecular complexity index is 249. The van der Waals surface area contributed by atoms with Gasteiger partial charge in [-0.05, 0) is 6.42 Å². The van der Waals surface area contributed by atoms with Crippen LogP contribution in [-0.2, 0) is 9.59 Å². The van der Waals surface area contributed by atoms with Crippen LogP contribution in [0.1, 0.15) is 13.3 Å². The van der Waals surface area contributed by atoms with Crippen molar-refractivity contribution >= 4 is 23.6 Å². The molecule has 6 heteroatoms. The SMILES string of the molecule is CC[C@@H](NC(=O)CSCC#N)C(=O)O. The molecular weight excluding hydrogens is 204 g/mol. The molecule has 78 valence electrons. The number of nitrogens with one attached hydrogen (secondary N) is 1. The molecule has 14 heavy (non-hydrogen) atoms. The van der Waals surface area contributed by atoms with Gasteiger partial charge in [-0.1, -0.05) is 6.92 Å². The van der Waals surface area contributed by atoms with Gasteiger partial charge in [-0.25, -0.2) is 4.79 Å². The Balaban J connectivity index is 3.80. The third-order valence-corrected chi connectivity index (χ3v) is 2.24. The van der Waals surface area contributed by atoms with Crippen LogP contribution in [0, 0.1) is 11.3 Å². The number of carboxylic acids is 1. The minimum absolute atomic E-state index is 0.122. The van der Waals surface area contributed by atoms with Gasteiger partial charge >= 0.3 is 5.97 Å². The van der Waals surface area contributed by atoms with Gasteiger partial charge in [-0.2, -0.15) is 5.26 Å². The van der Waals surface area contributed by atoms with Gasteiger partial charge < -0.3 is 10.4 Å². The maximum Gasteiger partial charge on any atom is 0.326 e. The molecule has 0 radical (unpaired) electrons. The molecule has 0 aliphatic heterocycles. The van der Waals surface area contributed by atoms with Crippen molar-refractivity contribution in [3.05, 3.63) is 0 Å². The first-order chi connectivity index (χ1) is 6.61. The van der Waals surface area contributed by atoms with Gasteiger partial charge in [-0.3, -0.25) is 4.79 Å². The van der Waals surface area contributed by atoms with E-state index in [0.717, 1.165) is 11.8 Å². The van der Waals surface area contributed by atoms with E-state index < -0.39 is 12.0 Å². The average Bonchev–Trinajstić information content (AvgIpc) is 2.14. The minimum atomic E-state index is -1.04. The number of carbonyl (C=O) groups is 2. The molecule has 0 spiro atoms. The molecule has 0 saturated heterocycles. The molecule has 0 aromatic heterocycles. The van der Waals surface area contributed by atoms with E-state index in [9.17, 15) is 9.59 Å². The lowest BCUT2D eigenvalue weighted by Gasteiger charge is -2.11. The summed E-state index contributed by atoms with van der Waals surface area (Å²) in [6.07, 6.45) is 0.351. The molecule has 0 aromatic rings. The average molecular weight is 216 g/mol. The number of nitrogens with zero attached hydrogens (tertiary/aromatic N) is 1. The van der Waals surface area contributed by atoms with E-state index in [1.165, 1.54) is 0 Å². The number of rotatable bonds is 6. The number of nitriles is 1. The van der Waals surface area contributed by atoms with E-state index in [4.69, 9.17) is 10.4 Å². The Labute approximate surface area is 86.5 Å². The summed E-state index contributed by atoms with van der Waals surface area (Å²) in [5.74, 6) is -1.03. The predicted octanol–water partition coefficient (Wildman–Crippen LogP) is 0.223. The van der Waals surface area contributed by atoms with Crippen molar-refractivity contribution in [1.29, 1.82) is 5.26 Å². The summed E-state index contributed by atoms with van der Waals surface area (Å²) < 4.78 is 0. The number of carboxylic acid groups (broad SMARTS) is 1. The van der Waals surface area contributed by atoms with Gasteiger partial charge in [-0.15, -0.1) is 11.8 Å². The molecule has 5 nitrogen and oxygen atoms in total. The van der Waals surface area contributed by atoms with Gasteiger partial charge in [0, 0.05) is 0 Å². The van der Waals surface area contributed by atoms with Crippen LogP contribution in [0.3, 0.4) is 0 Å². The molecule has 0 rings (SSSR count). The van der Waals surface area contributed by atoms with Crippen LogP contribution in [0.25, 0.3) is 0 Å². The Morgan fingerprint density at radius 3 is 2.71 bits per heavy atom. The lowest BCUT2D eigenvalue weighted by atomic mass is 10.2. The van der Waals surface area contributed by atoms with Crippen LogP contribution < -0.4 is 5.32 Å². The summed E-state index contributed by atoms with van der Waals surface area (Å²) in [5.41, 5.74) is 0. The third-order valence-electron chi connectivity index (χ3n) is 1.44. The van der Waals surface area contributed by atoms with Gasteiger partial charge in [0.05, 0.1) is 17.6 Å². The highest BCUT2D eigenvalue weighted by Crippen LogP contribution is 1.98. The second-order valence-electron chi connectivity index (χ2n) is 2.52. The molecule has 0 bridgehead atoms. The second-order valence-corrected chi connectivity index (χ2v) is 3.50. The third kappa shape index (κ3) is 5.43. The summed E-state index contributed by atoms with van der Waals surface area (Å²) in [5, 5.41) is 19.2. The number of amides is 1. The molecule has 0 unspecified atom stereocenters. The van der Waals surface area contributed by atoms with E-state index in [2.05, 4.69) is 5.32 Å². The largest absolute Gasteiger partial charge is 0.480 e. The molecule has 0 saturated carbocycles. The van der Waals surface area contributed by atoms with Crippen LogP contribution in [0.15, 0.2) is 0 Å². The Morgan fingerprint density at radius 1 is 1.64 bits per heavy atom. The summed E-state index contributed by atoms with van der Waals surface area (Å²) in [6.45, 7) is 1.68. The number of carbonyl (C=O) groups excluding carboxylic acids is 1. The summed E-state index contributed by atoms with van der Waals surface area (Å²) in [6, 6.07) is 1.05. The van der Waals surface area contributed by atoms with Crippen molar-refractivity contribution < 1.29 is 14.7 Å². The second kappa shape index (κ2) is 7.21. The normalized spacial score (nSPS) is 11.4. The fourth-order valence-corrected chi connectivity index (χ4v) is 1.23. The molecule has 1 atom stereocenters. The predicted molar refractivity (Wildman–Crippen MR) is 52.8 cm³/mol. The van der Waals surface area contributed by atoms with Crippen molar-refractivity contribution in [3.63, 3.8) is 0 Å². The van der Waals surface area contributed by atoms with Crippen LogP contribution >= 0.6 is 11.8 Å². The first-order valence-corrected chi connectivity index (χ1v) is 5.24. The van der Waals surface area contributed by atoms with E-state index in [1.54, 1.807) is 6.92 Å². The van der Waals surface area contributed by atoms with Crippen LogP contribution in [-0.4, -0.2) is 34.5 Å². The molecule has 0 aliphatic rings. The van der Waals surface area contributed by atoms with Crippen molar-refractivity contribution in [2.75, 3.05) is 11.5 Å². The molecule has 0 aromatic carbocycles. The van der Waals surface area contributed by atoms with E-state index >= 15 is 0 Å². The van der Waals surface area contributed by atoms with Gasteiger partial charge in [0.25, 0.3) is 0 Å². The standard InChI is InChI=1S/C8H12N2O3S/c1-2-6(8(12)13)10-7(11)5-14-4-3-9/h6H,2,4-5H2,1H3,(H,10,11)(H,12,13)/t6-/m1/s1. The van der Waals surface area contributed by atoms with E-state index in [-0.39, 0.29) is 17.4 Å². The Morgan fingerprint density at radius 2 is 2.29 bits per heavy atom. The van der Waals surface area contributed by atoms with Gasteiger partial charge in [0.1, 0.15) is 6.04 Å². The zero-order chi connectivity index (χ0) is 11.0. The zero-order valence-electron chi connectivity index (χ0n) is 7.82. The minimum Gasteiger partial charge on any atom is -0.480 e. The quantitative estimate of drug-likeness (QED) is 0.620. The molecule has 0 fully saturated rings. The molecular formula is C8H12N2O3S. The molecule has 0 heterocycles. The topological polar surface area (TPSA) is 90.2 Å². The maximum absolute atomic E-state index is 11.1. The monoisotopic (exact) mass is 216 g/mol. The first kappa shape index (κ1) is 12.8. The van der Waals surface area contributed by atoms with Crippen LogP contribution in [0.4, 0.5) is 0 Å². The highest BCUT2D eigenvalue weighted by atomic mass is 32.2. The van der Waals surface area contributed by atoms with E-state index in [1.807, 2.05) is 6.07 Å². The fourth-order valence-electron chi connectivity index (χ4n) is 0.764. The van der Waals surface area contributed by atoms with Crippen LogP contribution in [0.2, 0.25) is 0 Å². The fraction of sp³-hybridized carbons (Fsp3) is 0.625. The molecule has 2 N–H and O–H groups in total. The Kier molecular flexibility index (Phi) is 6.58. The van der Waals surface area contributed by atoms with Gasteiger partial charge in [0.2, 0.25) is 5.91 Å². The summed E-state index contributed by atoms with van der Waals surface area (Å²) >= 11 is 1.16. The lowest BCUT2D eigenvalue weighted by molar-refractivity contribution is -0.141. The van der Waals surface area contributed by atoms with E-state index in [0.29, 0.717) is 6.42 Å². The van der Waals surface area contributed by atoms with Crippen molar-refractivity contribution in [2.45, 2.75) is 19.4 Å². The van der Waals surface area contributed by atoms with Crippen molar-refractivity contribution in [3.8, 4) is 6.07 Å². The molecule has 1 amide bonds. The Hall–Kier alpha value is -1.22. The van der Waals surface area contributed by atoms with Crippen molar-refractivity contribution in [1.82, 2.24) is 5.32 Å². The number of aliphatic carboxylic acids is 1. The highest BCUT2D eigenvalue weighted by molar-refractivity contribution is 8.00. The molecule has 0 aliphatic carbocycles. The number of hydrogen-bond acceptors (Lipinski definition) is 4. The maximum atomic E-state index is 11.1.